The first-order valence-corrected chi connectivity index (χ1v) is 5.71. The Hall–Kier alpha value is -1.87. The second-order valence-electron chi connectivity index (χ2n) is 4.05. The molecule has 0 radical (unpaired) electrons. The fraction of sp³-hybridized carbons (Fsp3) is 0.545. The molecule has 0 aliphatic carbocycles. The zero-order valence-corrected chi connectivity index (χ0v) is 9.68. The Morgan fingerprint density at radius 1 is 1.82 bits per heavy atom. The molecule has 1 aromatic heterocycles. The Morgan fingerprint density at radius 2 is 2.59 bits per heavy atom. The van der Waals surface area contributed by atoms with E-state index in [1.54, 1.807) is 16.9 Å². The molecular weight excluding hydrogens is 218 g/mol. The Morgan fingerprint density at radius 3 is 3.12 bits per heavy atom. The first-order valence-electron chi connectivity index (χ1n) is 5.71. The van der Waals surface area contributed by atoms with Crippen LogP contribution in [0.4, 0.5) is 5.82 Å². The molecule has 0 aromatic carbocycles. The van der Waals surface area contributed by atoms with Gasteiger partial charge in [0.15, 0.2) is 0 Å². The van der Waals surface area contributed by atoms with E-state index in [1.165, 1.54) is 0 Å². The predicted octanol–water partition coefficient (Wildman–Crippen LogP) is 0.516. The number of nitrogens with zero attached hydrogens (tertiary/aromatic N) is 3. The highest BCUT2D eigenvalue weighted by Gasteiger charge is 2.23. The molecular formula is C11H15N5O. The quantitative estimate of drug-likeness (QED) is 0.794. The molecule has 1 aliphatic heterocycles. The monoisotopic (exact) mass is 233 g/mol. The lowest BCUT2D eigenvalue weighted by Crippen LogP contribution is -2.44. The molecule has 0 spiro atoms. The second kappa shape index (κ2) is 4.97. The van der Waals surface area contributed by atoms with E-state index in [0.29, 0.717) is 18.3 Å². The molecule has 1 amide bonds. The highest BCUT2D eigenvalue weighted by molar-refractivity contribution is 5.93. The summed E-state index contributed by atoms with van der Waals surface area (Å²) in [6, 6.07) is 4.03. The molecule has 0 saturated carbocycles. The van der Waals surface area contributed by atoms with Crippen molar-refractivity contribution in [2.75, 3.05) is 18.4 Å². The van der Waals surface area contributed by atoms with Crippen LogP contribution in [0.1, 0.15) is 19.4 Å². The zero-order chi connectivity index (χ0) is 12.3. The Bertz CT molecular complexity index is 443. The molecule has 1 aromatic rings. The van der Waals surface area contributed by atoms with Crippen LogP contribution in [0.15, 0.2) is 12.3 Å². The van der Waals surface area contributed by atoms with Crippen molar-refractivity contribution in [1.82, 2.24) is 15.1 Å². The first kappa shape index (κ1) is 11.6. The predicted molar refractivity (Wildman–Crippen MR) is 62.2 cm³/mol. The second-order valence-corrected chi connectivity index (χ2v) is 4.05. The summed E-state index contributed by atoms with van der Waals surface area (Å²) in [5.74, 6) is -0.197. The van der Waals surface area contributed by atoms with Crippen molar-refractivity contribution in [2.45, 2.75) is 19.4 Å². The fourth-order valence-corrected chi connectivity index (χ4v) is 1.70. The SMILES string of the molecule is CCC(C#N)C(=O)Nc1ccnn1C1CNC1. The van der Waals surface area contributed by atoms with Crippen LogP contribution in [-0.4, -0.2) is 28.8 Å². The number of rotatable bonds is 4. The Balaban J connectivity index is 2.06. The van der Waals surface area contributed by atoms with Gasteiger partial charge in [0.2, 0.25) is 5.91 Å². The summed E-state index contributed by atoms with van der Waals surface area (Å²) >= 11 is 0. The lowest BCUT2D eigenvalue weighted by atomic mass is 10.1. The molecule has 1 atom stereocenters. The molecule has 0 bridgehead atoms. The van der Waals surface area contributed by atoms with Crippen LogP contribution in [0.5, 0.6) is 0 Å². The topological polar surface area (TPSA) is 82.7 Å². The maximum absolute atomic E-state index is 11.8. The van der Waals surface area contributed by atoms with Crippen LogP contribution in [0, 0.1) is 17.2 Å². The van der Waals surface area contributed by atoms with Gasteiger partial charge in [0, 0.05) is 19.2 Å². The van der Waals surface area contributed by atoms with Crippen LogP contribution in [-0.2, 0) is 4.79 Å². The van der Waals surface area contributed by atoms with Crippen LogP contribution in [0.3, 0.4) is 0 Å². The lowest BCUT2D eigenvalue weighted by Gasteiger charge is -2.28. The number of carbonyl (C=O) groups excluding carboxylic acids is 1. The third-order valence-corrected chi connectivity index (χ3v) is 2.91. The third kappa shape index (κ3) is 2.29. The van der Waals surface area contributed by atoms with Crippen molar-refractivity contribution >= 4 is 11.7 Å². The molecule has 6 heteroatoms. The number of nitrogens with one attached hydrogen (secondary N) is 2. The van der Waals surface area contributed by atoms with Gasteiger partial charge in [0.05, 0.1) is 18.3 Å². The summed E-state index contributed by atoms with van der Waals surface area (Å²) in [5, 5.41) is 18.9. The molecule has 2 rings (SSSR count). The number of aromatic nitrogens is 2. The van der Waals surface area contributed by atoms with Gasteiger partial charge in [-0.3, -0.25) is 4.79 Å². The lowest BCUT2D eigenvalue weighted by molar-refractivity contribution is -0.118. The number of carbonyl (C=O) groups is 1. The molecule has 1 saturated heterocycles. The molecule has 1 aliphatic rings. The van der Waals surface area contributed by atoms with Crippen LogP contribution < -0.4 is 10.6 Å². The average molecular weight is 233 g/mol. The summed E-state index contributed by atoms with van der Waals surface area (Å²) in [7, 11) is 0. The molecule has 2 N–H and O–H groups in total. The highest BCUT2D eigenvalue weighted by Crippen LogP contribution is 2.18. The van der Waals surface area contributed by atoms with E-state index in [9.17, 15) is 4.79 Å². The van der Waals surface area contributed by atoms with Gasteiger partial charge in [-0.1, -0.05) is 6.92 Å². The normalized spacial score (nSPS) is 16.9. The van der Waals surface area contributed by atoms with Crippen molar-refractivity contribution in [3.63, 3.8) is 0 Å². The number of hydrogen-bond acceptors (Lipinski definition) is 4. The minimum absolute atomic E-state index is 0.260. The molecule has 6 nitrogen and oxygen atoms in total. The Labute approximate surface area is 99.6 Å². The highest BCUT2D eigenvalue weighted by atomic mass is 16.2. The van der Waals surface area contributed by atoms with Gasteiger partial charge < -0.3 is 10.6 Å². The third-order valence-electron chi connectivity index (χ3n) is 2.91. The standard InChI is InChI=1S/C11H15N5O/c1-2-8(5-12)11(17)15-10-3-4-14-16(10)9-6-13-7-9/h3-4,8-9,13H,2,6-7H2,1H3,(H,15,17). The number of hydrogen-bond donors (Lipinski definition) is 2. The summed E-state index contributed by atoms with van der Waals surface area (Å²) in [6.07, 6.45) is 2.17. The summed E-state index contributed by atoms with van der Waals surface area (Å²) < 4.78 is 1.79. The molecule has 90 valence electrons. The minimum Gasteiger partial charge on any atom is -0.312 e. The van der Waals surface area contributed by atoms with Crippen molar-refractivity contribution in [3.05, 3.63) is 12.3 Å². The van der Waals surface area contributed by atoms with E-state index >= 15 is 0 Å². The van der Waals surface area contributed by atoms with Crippen LogP contribution >= 0.6 is 0 Å². The maximum Gasteiger partial charge on any atom is 0.242 e. The molecule has 1 unspecified atom stereocenters. The number of amides is 1. The van der Waals surface area contributed by atoms with E-state index in [2.05, 4.69) is 15.7 Å². The van der Waals surface area contributed by atoms with Crippen LogP contribution in [0.25, 0.3) is 0 Å². The van der Waals surface area contributed by atoms with E-state index in [-0.39, 0.29) is 5.91 Å². The van der Waals surface area contributed by atoms with Crippen molar-refractivity contribution in [2.24, 2.45) is 5.92 Å². The van der Waals surface area contributed by atoms with Gasteiger partial charge >= 0.3 is 0 Å². The zero-order valence-electron chi connectivity index (χ0n) is 9.68. The maximum atomic E-state index is 11.8. The average Bonchev–Trinajstić information content (AvgIpc) is 2.66. The molecule has 1 fully saturated rings. The van der Waals surface area contributed by atoms with Gasteiger partial charge in [0.1, 0.15) is 11.7 Å². The van der Waals surface area contributed by atoms with Crippen molar-refractivity contribution in [3.8, 4) is 6.07 Å². The van der Waals surface area contributed by atoms with Gasteiger partial charge in [-0.25, -0.2) is 4.68 Å². The van der Waals surface area contributed by atoms with E-state index in [1.807, 2.05) is 13.0 Å². The van der Waals surface area contributed by atoms with Crippen molar-refractivity contribution < 1.29 is 4.79 Å². The minimum atomic E-state index is -0.599. The number of anilines is 1. The summed E-state index contributed by atoms with van der Waals surface area (Å²) in [5.41, 5.74) is 0. The van der Waals surface area contributed by atoms with Gasteiger partial charge in [-0.15, -0.1) is 0 Å². The largest absolute Gasteiger partial charge is 0.312 e. The van der Waals surface area contributed by atoms with Gasteiger partial charge in [0.25, 0.3) is 0 Å². The molecule has 2 heterocycles. The summed E-state index contributed by atoms with van der Waals surface area (Å²) in [4.78, 5) is 11.8. The number of nitriles is 1. The van der Waals surface area contributed by atoms with E-state index in [0.717, 1.165) is 13.1 Å². The van der Waals surface area contributed by atoms with E-state index in [4.69, 9.17) is 5.26 Å². The summed E-state index contributed by atoms with van der Waals surface area (Å²) in [6.45, 7) is 3.54. The van der Waals surface area contributed by atoms with Gasteiger partial charge in [-0.2, -0.15) is 10.4 Å². The fourth-order valence-electron chi connectivity index (χ4n) is 1.70. The molecule has 17 heavy (non-hydrogen) atoms. The smallest absolute Gasteiger partial charge is 0.242 e. The van der Waals surface area contributed by atoms with Crippen molar-refractivity contribution in [1.29, 1.82) is 5.26 Å². The Kier molecular flexibility index (Phi) is 3.40. The van der Waals surface area contributed by atoms with Crippen LogP contribution in [0.2, 0.25) is 0 Å². The van der Waals surface area contributed by atoms with E-state index < -0.39 is 5.92 Å². The first-order chi connectivity index (χ1) is 8.26. The van der Waals surface area contributed by atoms with Gasteiger partial charge in [-0.05, 0) is 6.42 Å².